The second-order valence-electron chi connectivity index (χ2n) is 5.30. The molecule has 0 spiro atoms. The van der Waals surface area contributed by atoms with Crippen LogP contribution in [0.15, 0.2) is 17.1 Å². The van der Waals surface area contributed by atoms with Gasteiger partial charge in [-0.15, -0.1) is 0 Å². The topological polar surface area (TPSA) is 207 Å². The van der Waals surface area contributed by atoms with E-state index in [-0.39, 0.29) is 11.2 Å². The van der Waals surface area contributed by atoms with Crippen LogP contribution in [0.4, 0.5) is 4.39 Å². The second-order valence-corrected chi connectivity index (χ2v) is 10.1. The van der Waals surface area contributed by atoms with Crippen LogP contribution < -0.4 is 5.56 Å². The minimum absolute atomic E-state index is 0.131. The van der Waals surface area contributed by atoms with Crippen LogP contribution in [0.3, 0.4) is 0 Å². The molecule has 0 bridgehead atoms. The Labute approximate surface area is 160 Å². The lowest BCUT2D eigenvalue weighted by molar-refractivity contribution is -0.0379. The van der Waals surface area contributed by atoms with E-state index in [1.165, 1.54) is 6.20 Å². The highest BCUT2D eigenvalue weighted by atomic mass is 32.1. The van der Waals surface area contributed by atoms with Crippen molar-refractivity contribution in [2.75, 3.05) is 6.61 Å². The third kappa shape index (κ3) is 7.02. The van der Waals surface area contributed by atoms with Gasteiger partial charge in [0, 0.05) is 18.7 Å². The highest BCUT2D eigenvalue weighted by Gasteiger charge is 2.42. The van der Waals surface area contributed by atoms with Crippen molar-refractivity contribution < 1.29 is 55.5 Å². The number of ether oxygens (including phenoxy) is 1. The summed E-state index contributed by atoms with van der Waals surface area (Å²) in [7, 11) is -16.5. The molecule has 0 amide bonds. The molecule has 0 radical (unpaired) electrons. The SMILES string of the molecule is O=c1ccn(C2OC(COP(=O)(O)OP(=O)(O)OP(=O)(O)O)CC2F)c(=S)[nH]1. The molecule has 5 N–H and O–H groups in total. The average molecular weight is 486 g/mol. The molecule has 2 heterocycles. The number of nitrogens with zero attached hydrogens (tertiary/aromatic N) is 1. The Balaban J connectivity index is 1.98. The van der Waals surface area contributed by atoms with Gasteiger partial charge in [0.2, 0.25) is 0 Å². The van der Waals surface area contributed by atoms with Gasteiger partial charge in [0.15, 0.2) is 11.0 Å². The van der Waals surface area contributed by atoms with Gasteiger partial charge >= 0.3 is 23.5 Å². The van der Waals surface area contributed by atoms with E-state index in [1.54, 1.807) is 0 Å². The monoisotopic (exact) mass is 486 g/mol. The molecule has 19 heteroatoms. The van der Waals surface area contributed by atoms with Crippen LogP contribution in [-0.4, -0.2) is 48.0 Å². The fraction of sp³-hybridized carbons (Fsp3) is 0.556. The van der Waals surface area contributed by atoms with Crippen LogP contribution in [-0.2, 0) is 31.6 Å². The smallest absolute Gasteiger partial charge is 0.349 e. The molecule has 160 valence electrons. The molecular formula is C9H14FN2O12P3S. The molecule has 0 aliphatic carbocycles. The molecule has 1 fully saturated rings. The van der Waals surface area contributed by atoms with Gasteiger partial charge in [-0.3, -0.25) is 18.9 Å². The summed E-state index contributed by atoms with van der Waals surface area (Å²) in [6, 6.07) is 1.07. The van der Waals surface area contributed by atoms with Crippen LogP contribution in [0.5, 0.6) is 0 Å². The zero-order valence-electron chi connectivity index (χ0n) is 13.4. The summed E-state index contributed by atoms with van der Waals surface area (Å²) in [5.41, 5.74) is -0.515. The Morgan fingerprint density at radius 1 is 1.25 bits per heavy atom. The van der Waals surface area contributed by atoms with Crippen LogP contribution in [0.2, 0.25) is 0 Å². The Morgan fingerprint density at radius 3 is 2.46 bits per heavy atom. The molecule has 1 aromatic rings. The van der Waals surface area contributed by atoms with Crippen molar-refractivity contribution in [1.82, 2.24) is 9.55 Å². The number of hydrogen-bond acceptors (Lipinski definition) is 9. The summed E-state index contributed by atoms with van der Waals surface area (Å²) in [6.07, 6.45) is -3.20. The zero-order valence-corrected chi connectivity index (χ0v) is 16.9. The van der Waals surface area contributed by atoms with E-state index < -0.39 is 54.1 Å². The van der Waals surface area contributed by atoms with Gasteiger partial charge in [-0.2, -0.15) is 8.62 Å². The molecule has 0 saturated carbocycles. The van der Waals surface area contributed by atoms with Gasteiger partial charge in [0.25, 0.3) is 5.56 Å². The van der Waals surface area contributed by atoms with E-state index in [1.807, 2.05) is 0 Å². The number of aromatic nitrogens is 2. The van der Waals surface area contributed by atoms with Gasteiger partial charge < -0.3 is 24.3 Å². The minimum atomic E-state index is -5.65. The summed E-state index contributed by atoms with van der Waals surface area (Å²) in [5.74, 6) is 0. The average Bonchev–Trinajstić information content (AvgIpc) is 2.82. The van der Waals surface area contributed by atoms with Gasteiger partial charge in [0.1, 0.15) is 6.17 Å². The molecule has 5 unspecified atom stereocenters. The molecule has 1 saturated heterocycles. The largest absolute Gasteiger partial charge is 0.490 e. The van der Waals surface area contributed by atoms with Gasteiger partial charge in [-0.25, -0.2) is 18.1 Å². The molecular weight excluding hydrogens is 472 g/mol. The molecule has 28 heavy (non-hydrogen) atoms. The number of hydrogen-bond donors (Lipinski definition) is 5. The molecule has 1 aliphatic heterocycles. The zero-order chi connectivity index (χ0) is 21.3. The fourth-order valence-electron chi connectivity index (χ4n) is 2.16. The Kier molecular flexibility index (Phi) is 7.31. The number of phosphoric acid groups is 3. The van der Waals surface area contributed by atoms with Crippen LogP contribution >= 0.6 is 35.7 Å². The lowest BCUT2D eigenvalue weighted by atomic mass is 10.2. The van der Waals surface area contributed by atoms with Crippen molar-refractivity contribution in [1.29, 1.82) is 0 Å². The number of rotatable bonds is 8. The van der Waals surface area contributed by atoms with E-state index in [2.05, 4.69) is 18.1 Å². The molecule has 1 aliphatic rings. The normalized spacial score (nSPS) is 27.2. The maximum Gasteiger partial charge on any atom is 0.490 e. The van der Waals surface area contributed by atoms with Crippen molar-refractivity contribution in [2.45, 2.75) is 24.9 Å². The van der Waals surface area contributed by atoms with Gasteiger partial charge in [-0.1, -0.05) is 0 Å². The van der Waals surface area contributed by atoms with Crippen LogP contribution in [0, 0.1) is 4.77 Å². The summed E-state index contributed by atoms with van der Waals surface area (Å²) in [6.45, 7) is -0.794. The Hall–Kier alpha value is -0.600. The molecule has 0 aromatic carbocycles. The quantitative estimate of drug-likeness (QED) is 0.256. The molecule has 5 atom stereocenters. The van der Waals surface area contributed by atoms with Crippen molar-refractivity contribution >= 4 is 35.7 Å². The maximum atomic E-state index is 14.2. The number of aromatic amines is 1. The first-order valence-corrected chi connectivity index (χ1v) is 12.0. The lowest BCUT2D eigenvalue weighted by Crippen LogP contribution is -2.21. The first kappa shape index (κ1) is 23.7. The van der Waals surface area contributed by atoms with Crippen LogP contribution in [0.1, 0.15) is 12.6 Å². The van der Waals surface area contributed by atoms with Crippen molar-refractivity contribution in [3.05, 3.63) is 27.4 Å². The number of halogens is 1. The van der Waals surface area contributed by atoms with E-state index in [0.717, 1.165) is 10.6 Å². The molecule has 1 aromatic heterocycles. The predicted molar refractivity (Wildman–Crippen MR) is 89.1 cm³/mol. The van der Waals surface area contributed by atoms with Crippen LogP contribution in [0.25, 0.3) is 0 Å². The van der Waals surface area contributed by atoms with E-state index in [4.69, 9.17) is 31.6 Å². The second kappa shape index (κ2) is 8.64. The minimum Gasteiger partial charge on any atom is -0.349 e. The third-order valence-corrected chi connectivity index (χ3v) is 7.21. The Bertz CT molecular complexity index is 976. The fourth-order valence-corrected chi connectivity index (χ4v) is 5.48. The number of H-pyrrole nitrogens is 1. The third-order valence-electron chi connectivity index (χ3n) is 3.09. The number of phosphoric ester groups is 1. The summed E-state index contributed by atoms with van der Waals surface area (Å²) < 4.78 is 65.3. The van der Waals surface area contributed by atoms with Crippen molar-refractivity contribution in [2.24, 2.45) is 0 Å². The first-order valence-electron chi connectivity index (χ1n) is 7.07. The standard InChI is InChI=1S/C9H14FN2O12P3S/c10-6-3-5(22-8(6)12-2-1-7(13)11-9(12)28)4-21-26(17,18)24-27(19,20)23-25(14,15)16/h1-2,5-6,8H,3-4H2,(H,17,18)(H,19,20)(H,11,13,28)(H2,14,15,16). The van der Waals surface area contributed by atoms with E-state index in [9.17, 15) is 27.8 Å². The molecule has 14 nitrogen and oxygen atoms in total. The molecule has 2 rings (SSSR count). The first-order chi connectivity index (χ1) is 12.7. The number of nitrogens with one attached hydrogen (secondary N) is 1. The van der Waals surface area contributed by atoms with E-state index in [0.29, 0.717) is 0 Å². The van der Waals surface area contributed by atoms with Crippen molar-refractivity contribution in [3.63, 3.8) is 0 Å². The number of alkyl halides is 1. The van der Waals surface area contributed by atoms with Crippen molar-refractivity contribution in [3.8, 4) is 0 Å². The Morgan fingerprint density at radius 2 is 1.89 bits per heavy atom. The summed E-state index contributed by atoms with van der Waals surface area (Å²) >= 11 is 4.88. The highest BCUT2D eigenvalue weighted by Crippen LogP contribution is 2.66. The maximum absolute atomic E-state index is 14.2. The van der Waals surface area contributed by atoms with Gasteiger partial charge in [0.05, 0.1) is 12.7 Å². The van der Waals surface area contributed by atoms with Gasteiger partial charge in [-0.05, 0) is 12.2 Å². The van der Waals surface area contributed by atoms with E-state index >= 15 is 0 Å². The summed E-state index contributed by atoms with van der Waals surface area (Å²) in [4.78, 5) is 48.7. The highest BCUT2D eigenvalue weighted by molar-refractivity contribution is 7.71. The predicted octanol–water partition coefficient (Wildman–Crippen LogP) is 0.875. The summed E-state index contributed by atoms with van der Waals surface area (Å²) in [5, 5.41) is 0. The lowest BCUT2D eigenvalue weighted by Gasteiger charge is -2.19.